The second-order valence-electron chi connectivity index (χ2n) is 12.1. The second kappa shape index (κ2) is 12.0. The maximum absolute atomic E-state index is 2.45. The highest BCUT2D eigenvalue weighted by Crippen LogP contribution is 2.47. The van der Waals surface area contributed by atoms with E-state index in [2.05, 4.69) is 193 Å². The summed E-state index contributed by atoms with van der Waals surface area (Å²) in [5.74, 6) is 0. The van der Waals surface area contributed by atoms with E-state index in [1.807, 2.05) is 11.3 Å². The number of thiophene rings is 1. The molecule has 9 aromatic rings. The van der Waals surface area contributed by atoms with Crippen molar-refractivity contribution in [1.29, 1.82) is 0 Å². The van der Waals surface area contributed by atoms with Crippen molar-refractivity contribution in [2.24, 2.45) is 0 Å². The standard InChI is InChI=1S/C46H31NS/c1-3-14-32(15-4-1)40-29-28-37(31-43(40)34-16-5-2-6-17-34)47(44-26-13-25-42-41-23-9-10-27-45(41)48-46(42)44)36-21-11-20-35(30-36)39-24-12-19-33-18-7-8-22-38(33)39/h1-31H. The van der Waals surface area contributed by atoms with E-state index in [4.69, 9.17) is 0 Å². The molecule has 2 heteroatoms. The fraction of sp³-hybridized carbons (Fsp3) is 0. The van der Waals surface area contributed by atoms with Gasteiger partial charge in [0.1, 0.15) is 0 Å². The van der Waals surface area contributed by atoms with Crippen LogP contribution in [0, 0.1) is 0 Å². The van der Waals surface area contributed by atoms with Gasteiger partial charge in [-0.15, -0.1) is 11.3 Å². The zero-order chi connectivity index (χ0) is 31.9. The number of benzene rings is 8. The minimum Gasteiger partial charge on any atom is -0.309 e. The van der Waals surface area contributed by atoms with Gasteiger partial charge in [-0.3, -0.25) is 0 Å². The van der Waals surface area contributed by atoms with Crippen molar-refractivity contribution in [2.45, 2.75) is 0 Å². The molecule has 9 rings (SSSR count). The summed E-state index contributed by atoms with van der Waals surface area (Å²) in [5, 5.41) is 5.09. The Balaban J connectivity index is 1.30. The van der Waals surface area contributed by atoms with Gasteiger partial charge >= 0.3 is 0 Å². The molecule has 1 aromatic heterocycles. The number of rotatable bonds is 6. The molecular weight excluding hydrogens is 599 g/mol. The Morgan fingerprint density at radius 1 is 0.354 bits per heavy atom. The van der Waals surface area contributed by atoms with Crippen LogP contribution in [0.25, 0.3) is 64.3 Å². The van der Waals surface area contributed by atoms with E-state index in [-0.39, 0.29) is 0 Å². The minimum absolute atomic E-state index is 1.12. The first-order valence-corrected chi connectivity index (χ1v) is 17.2. The van der Waals surface area contributed by atoms with Crippen molar-refractivity contribution in [2.75, 3.05) is 4.90 Å². The van der Waals surface area contributed by atoms with E-state index < -0.39 is 0 Å². The third kappa shape index (κ3) is 4.95. The molecule has 0 aliphatic rings. The average molecular weight is 630 g/mol. The molecule has 0 fully saturated rings. The van der Waals surface area contributed by atoms with Gasteiger partial charge in [-0.25, -0.2) is 0 Å². The molecular formula is C46H31NS. The molecule has 0 bridgehead atoms. The lowest BCUT2D eigenvalue weighted by Crippen LogP contribution is -2.10. The van der Waals surface area contributed by atoms with Crippen LogP contribution in [0.4, 0.5) is 17.1 Å². The van der Waals surface area contributed by atoms with Crippen LogP contribution in [0.1, 0.15) is 0 Å². The maximum atomic E-state index is 2.45. The van der Waals surface area contributed by atoms with Crippen LogP contribution in [0.2, 0.25) is 0 Å². The van der Waals surface area contributed by atoms with Crippen LogP contribution in [0.3, 0.4) is 0 Å². The lowest BCUT2D eigenvalue weighted by molar-refractivity contribution is 1.30. The minimum atomic E-state index is 1.12. The molecule has 0 saturated heterocycles. The van der Waals surface area contributed by atoms with Crippen LogP contribution >= 0.6 is 11.3 Å². The molecule has 0 aliphatic carbocycles. The maximum Gasteiger partial charge on any atom is 0.0640 e. The van der Waals surface area contributed by atoms with Crippen LogP contribution < -0.4 is 4.90 Å². The van der Waals surface area contributed by atoms with Crippen molar-refractivity contribution in [3.05, 3.63) is 188 Å². The fourth-order valence-electron chi connectivity index (χ4n) is 7.02. The third-order valence-electron chi connectivity index (χ3n) is 9.26. The molecule has 8 aromatic carbocycles. The van der Waals surface area contributed by atoms with E-state index in [1.54, 1.807) is 0 Å². The predicted molar refractivity (Wildman–Crippen MR) is 208 cm³/mol. The van der Waals surface area contributed by atoms with Crippen molar-refractivity contribution in [3.8, 4) is 33.4 Å². The molecule has 226 valence electrons. The zero-order valence-corrected chi connectivity index (χ0v) is 27.1. The molecule has 0 saturated carbocycles. The van der Waals surface area contributed by atoms with Crippen LogP contribution in [0.5, 0.6) is 0 Å². The summed E-state index contributed by atoms with van der Waals surface area (Å²) in [5.41, 5.74) is 10.7. The van der Waals surface area contributed by atoms with Crippen molar-refractivity contribution >= 4 is 59.3 Å². The Labute approximate surface area is 284 Å². The summed E-state index contributed by atoms with van der Waals surface area (Å²) >= 11 is 1.87. The summed E-state index contributed by atoms with van der Waals surface area (Å²) in [6.07, 6.45) is 0. The monoisotopic (exact) mass is 629 g/mol. The predicted octanol–water partition coefficient (Wildman–Crippen LogP) is 13.7. The smallest absolute Gasteiger partial charge is 0.0640 e. The SMILES string of the molecule is c1ccc(-c2ccc(N(c3cccc(-c4cccc5ccccc45)c3)c3cccc4c3sc3ccccc34)cc2-c2ccccc2)cc1. The first kappa shape index (κ1) is 28.3. The van der Waals surface area contributed by atoms with Crippen LogP contribution in [0.15, 0.2) is 188 Å². The molecule has 0 atom stereocenters. The largest absolute Gasteiger partial charge is 0.309 e. The highest BCUT2D eigenvalue weighted by atomic mass is 32.1. The Morgan fingerprint density at radius 2 is 0.958 bits per heavy atom. The van der Waals surface area contributed by atoms with Crippen LogP contribution in [-0.2, 0) is 0 Å². The number of hydrogen-bond acceptors (Lipinski definition) is 2. The molecule has 1 heterocycles. The van der Waals surface area contributed by atoms with E-state index in [1.165, 1.54) is 70.0 Å². The lowest BCUT2D eigenvalue weighted by Gasteiger charge is -2.28. The average Bonchev–Trinajstić information content (AvgIpc) is 3.55. The summed E-state index contributed by atoms with van der Waals surface area (Å²) in [6.45, 7) is 0. The topological polar surface area (TPSA) is 3.24 Å². The molecule has 48 heavy (non-hydrogen) atoms. The van der Waals surface area contributed by atoms with Crippen molar-refractivity contribution in [3.63, 3.8) is 0 Å². The highest BCUT2D eigenvalue weighted by molar-refractivity contribution is 7.26. The molecule has 0 N–H and O–H groups in total. The zero-order valence-electron chi connectivity index (χ0n) is 26.3. The van der Waals surface area contributed by atoms with Gasteiger partial charge in [0.2, 0.25) is 0 Å². The Kier molecular flexibility index (Phi) is 7.07. The Morgan fingerprint density at radius 3 is 1.79 bits per heavy atom. The van der Waals surface area contributed by atoms with Gasteiger partial charge < -0.3 is 4.90 Å². The number of fused-ring (bicyclic) bond motifs is 4. The van der Waals surface area contributed by atoms with Gasteiger partial charge in [-0.2, -0.15) is 0 Å². The fourth-order valence-corrected chi connectivity index (χ4v) is 8.23. The van der Waals surface area contributed by atoms with Crippen LogP contribution in [-0.4, -0.2) is 0 Å². The summed E-state index contributed by atoms with van der Waals surface area (Å²) in [6, 6.07) is 68.2. The van der Waals surface area contributed by atoms with Gasteiger partial charge in [0.25, 0.3) is 0 Å². The molecule has 0 aliphatic heterocycles. The van der Waals surface area contributed by atoms with Crippen molar-refractivity contribution < 1.29 is 0 Å². The Hall–Kier alpha value is -5.96. The first-order valence-electron chi connectivity index (χ1n) is 16.4. The van der Waals surface area contributed by atoms with Gasteiger partial charge in [0.05, 0.1) is 10.4 Å². The molecule has 0 radical (unpaired) electrons. The quantitative estimate of drug-likeness (QED) is 0.177. The van der Waals surface area contributed by atoms with E-state index in [0.717, 1.165) is 11.4 Å². The summed E-state index contributed by atoms with van der Waals surface area (Å²) < 4.78 is 2.58. The summed E-state index contributed by atoms with van der Waals surface area (Å²) in [4.78, 5) is 2.45. The highest BCUT2D eigenvalue weighted by Gasteiger charge is 2.20. The van der Waals surface area contributed by atoms with Gasteiger partial charge in [-0.1, -0.05) is 152 Å². The number of anilines is 3. The molecule has 1 nitrogen and oxygen atoms in total. The van der Waals surface area contributed by atoms with Gasteiger partial charge in [-0.05, 0) is 80.6 Å². The third-order valence-corrected chi connectivity index (χ3v) is 10.5. The van der Waals surface area contributed by atoms with E-state index in [9.17, 15) is 0 Å². The van der Waals surface area contributed by atoms with E-state index >= 15 is 0 Å². The first-order chi connectivity index (χ1) is 23.8. The lowest BCUT2D eigenvalue weighted by atomic mass is 9.93. The molecule has 0 unspecified atom stereocenters. The normalized spacial score (nSPS) is 11.3. The van der Waals surface area contributed by atoms with Gasteiger partial charge in [0, 0.05) is 26.8 Å². The molecule has 0 amide bonds. The molecule has 0 spiro atoms. The number of nitrogens with zero attached hydrogens (tertiary/aromatic N) is 1. The van der Waals surface area contributed by atoms with Gasteiger partial charge in [0.15, 0.2) is 0 Å². The van der Waals surface area contributed by atoms with Crippen molar-refractivity contribution in [1.82, 2.24) is 0 Å². The van der Waals surface area contributed by atoms with E-state index in [0.29, 0.717) is 0 Å². The summed E-state index contributed by atoms with van der Waals surface area (Å²) in [7, 11) is 0. The second-order valence-corrected chi connectivity index (χ2v) is 13.2. The number of hydrogen-bond donors (Lipinski definition) is 0. The Bertz CT molecular complexity index is 2560.